The summed E-state index contributed by atoms with van der Waals surface area (Å²) in [6.45, 7) is 10.3. The zero-order chi connectivity index (χ0) is 30.8. The van der Waals surface area contributed by atoms with Crippen molar-refractivity contribution < 1.29 is 22.5 Å². The van der Waals surface area contributed by atoms with E-state index in [4.69, 9.17) is 14.3 Å². The van der Waals surface area contributed by atoms with Crippen molar-refractivity contribution in [1.29, 1.82) is 0 Å². The molecule has 232 valence electrons. The molecule has 1 aromatic carbocycles. The topological polar surface area (TPSA) is 114 Å². The van der Waals surface area contributed by atoms with Crippen molar-refractivity contribution in [3.63, 3.8) is 0 Å². The first-order valence-electron chi connectivity index (χ1n) is 15.5. The van der Waals surface area contributed by atoms with E-state index < -0.39 is 20.5 Å². The van der Waals surface area contributed by atoms with E-state index in [0.717, 1.165) is 61.9 Å². The summed E-state index contributed by atoms with van der Waals surface area (Å²) in [6.07, 6.45) is 12.2. The fourth-order valence-electron chi connectivity index (χ4n) is 6.10. The number of carbonyl (C=O) groups is 1. The minimum absolute atomic E-state index is 0.113. The van der Waals surface area contributed by atoms with Gasteiger partial charge in [-0.25, -0.2) is 8.42 Å². The number of rotatable bonds is 12. The van der Waals surface area contributed by atoms with Gasteiger partial charge >= 0.3 is 0 Å². The quantitative estimate of drug-likeness (QED) is 0.287. The van der Waals surface area contributed by atoms with E-state index in [1.54, 1.807) is 13.8 Å². The van der Waals surface area contributed by atoms with Crippen LogP contribution in [0.2, 0.25) is 0 Å². The minimum atomic E-state index is -4.15. The van der Waals surface area contributed by atoms with Gasteiger partial charge in [-0.2, -0.15) is 0 Å². The van der Waals surface area contributed by atoms with Gasteiger partial charge in [-0.05, 0) is 50.2 Å². The monoisotopic (exact) mass is 608 g/mol. The maximum absolute atomic E-state index is 14.2. The van der Waals surface area contributed by atoms with Gasteiger partial charge in [-0.1, -0.05) is 87.7 Å². The molecule has 9 nitrogen and oxygen atoms in total. The molecule has 1 N–H and O–H groups in total. The van der Waals surface area contributed by atoms with Crippen LogP contribution in [0.5, 0.6) is 0 Å². The number of hydrogen-bond acceptors (Lipinski definition) is 7. The lowest BCUT2D eigenvalue weighted by atomic mass is 9.93. The summed E-state index contributed by atoms with van der Waals surface area (Å²) in [4.78, 5) is 18.8. The van der Waals surface area contributed by atoms with Crippen LogP contribution in [-0.2, 0) is 26.1 Å². The molecule has 1 saturated carbocycles. The molecule has 0 bridgehead atoms. The van der Waals surface area contributed by atoms with E-state index in [9.17, 15) is 13.2 Å². The molecule has 2 aromatic rings. The number of amidine groups is 1. The van der Waals surface area contributed by atoms with Crippen LogP contribution in [0.25, 0.3) is 5.57 Å². The Hall–Kier alpha value is -3.24. The molecule has 43 heavy (non-hydrogen) atoms. The highest BCUT2D eigenvalue weighted by molar-refractivity contribution is 7.94. The molecule has 1 aliphatic heterocycles. The number of aliphatic imine (C=N–C) groups is 1. The molecule has 3 aliphatic rings. The Bertz CT molecular complexity index is 1530. The van der Waals surface area contributed by atoms with Crippen LogP contribution < -0.4 is 4.72 Å². The number of aromatic nitrogens is 1. The van der Waals surface area contributed by atoms with Gasteiger partial charge in [-0.3, -0.25) is 19.4 Å². The number of hydrogen-bond donors (Lipinski definition) is 1. The molecule has 0 radical (unpaired) electrons. The van der Waals surface area contributed by atoms with Gasteiger partial charge in [0.05, 0.1) is 13.2 Å². The van der Waals surface area contributed by atoms with Crippen LogP contribution >= 0.6 is 0 Å². The third-order valence-corrected chi connectivity index (χ3v) is 10.6. The number of unbranched alkanes of at least 4 members (excludes halogenated alkanes) is 1. The Morgan fingerprint density at radius 3 is 2.49 bits per heavy atom. The molecular formula is C33H44N4O5S. The van der Waals surface area contributed by atoms with E-state index in [1.807, 2.05) is 61.2 Å². The van der Waals surface area contributed by atoms with Crippen molar-refractivity contribution in [2.45, 2.75) is 103 Å². The van der Waals surface area contributed by atoms with E-state index in [2.05, 4.69) is 16.8 Å². The molecule has 2 aliphatic carbocycles. The molecule has 1 atom stereocenters. The summed E-state index contributed by atoms with van der Waals surface area (Å²) in [5, 5.41) is 3.94. The van der Waals surface area contributed by atoms with Crippen molar-refractivity contribution in [1.82, 2.24) is 10.1 Å². The van der Waals surface area contributed by atoms with Gasteiger partial charge in [0.2, 0.25) is 4.93 Å². The highest BCUT2D eigenvalue weighted by Crippen LogP contribution is 2.43. The molecule has 1 aromatic heterocycles. The molecule has 1 spiro atoms. The second-order valence-corrected chi connectivity index (χ2v) is 14.3. The lowest BCUT2D eigenvalue weighted by Crippen LogP contribution is -2.47. The molecule has 1 fully saturated rings. The Morgan fingerprint density at radius 2 is 1.86 bits per heavy atom. The summed E-state index contributed by atoms with van der Waals surface area (Å²) in [5.41, 5.74) is 2.29. The SMILES string of the molecule is CCCCC1=NC2(CCCC2)C(=O)N1Cc1ccc(C2=CC=CCC2(OCC(C)C)S(=O)(=O)Nc2noc(C)c2C)cc1. The normalized spacial score (nSPS) is 21.6. The number of nitrogens with zero attached hydrogens (tertiary/aromatic N) is 3. The van der Waals surface area contributed by atoms with Gasteiger partial charge in [0.1, 0.15) is 17.1 Å². The first kappa shape index (κ1) is 31.2. The molecule has 0 saturated heterocycles. The van der Waals surface area contributed by atoms with Crippen LogP contribution in [0.3, 0.4) is 0 Å². The fourth-order valence-corrected chi connectivity index (χ4v) is 7.73. The van der Waals surface area contributed by atoms with Crippen molar-refractivity contribution in [2.24, 2.45) is 10.9 Å². The average Bonchev–Trinajstić information content (AvgIpc) is 3.66. The van der Waals surface area contributed by atoms with Gasteiger partial charge in [0, 0.05) is 24.0 Å². The Kier molecular flexibility index (Phi) is 9.00. The Balaban J connectivity index is 1.44. The number of amides is 1. The smallest absolute Gasteiger partial charge is 0.268 e. The fraction of sp³-hybridized carbons (Fsp3) is 0.545. The summed E-state index contributed by atoms with van der Waals surface area (Å²) in [5.74, 6) is 1.84. The third-order valence-electron chi connectivity index (χ3n) is 8.76. The molecule has 5 rings (SSSR count). The molecule has 2 heterocycles. The molecular weight excluding hydrogens is 564 g/mol. The summed E-state index contributed by atoms with van der Waals surface area (Å²) in [7, 11) is -4.15. The maximum Gasteiger partial charge on any atom is 0.268 e. The van der Waals surface area contributed by atoms with Crippen molar-refractivity contribution in [3.05, 3.63) is 64.9 Å². The van der Waals surface area contributed by atoms with E-state index in [0.29, 0.717) is 23.4 Å². The number of aryl methyl sites for hydroxylation is 1. The van der Waals surface area contributed by atoms with Crippen LogP contribution in [-0.4, -0.2) is 47.3 Å². The number of benzene rings is 1. The zero-order valence-corrected chi connectivity index (χ0v) is 26.8. The van der Waals surface area contributed by atoms with E-state index >= 15 is 0 Å². The van der Waals surface area contributed by atoms with Gasteiger partial charge in [-0.15, -0.1) is 0 Å². The first-order valence-corrected chi connectivity index (χ1v) is 17.0. The van der Waals surface area contributed by atoms with Crippen LogP contribution in [0.4, 0.5) is 5.82 Å². The number of sulfonamides is 1. The highest BCUT2D eigenvalue weighted by atomic mass is 32.2. The van der Waals surface area contributed by atoms with Crippen molar-refractivity contribution in [3.8, 4) is 0 Å². The summed E-state index contributed by atoms with van der Waals surface area (Å²) < 4.78 is 42.6. The zero-order valence-electron chi connectivity index (χ0n) is 26.0. The lowest BCUT2D eigenvalue weighted by molar-refractivity contribution is -0.131. The largest absolute Gasteiger partial charge is 0.359 e. The van der Waals surface area contributed by atoms with Gasteiger partial charge in [0.15, 0.2) is 5.82 Å². The van der Waals surface area contributed by atoms with Crippen LogP contribution in [0, 0.1) is 19.8 Å². The summed E-state index contributed by atoms with van der Waals surface area (Å²) >= 11 is 0. The Labute approximate surface area is 255 Å². The first-order chi connectivity index (χ1) is 20.5. The predicted octanol–water partition coefficient (Wildman–Crippen LogP) is 6.69. The summed E-state index contributed by atoms with van der Waals surface area (Å²) in [6, 6.07) is 7.78. The minimum Gasteiger partial charge on any atom is -0.359 e. The highest BCUT2D eigenvalue weighted by Gasteiger charge is 2.51. The number of carbonyl (C=O) groups excluding carboxylic acids is 1. The predicted molar refractivity (Wildman–Crippen MR) is 169 cm³/mol. The van der Waals surface area contributed by atoms with Crippen LogP contribution in [0.15, 0.2) is 52.0 Å². The van der Waals surface area contributed by atoms with E-state index in [-0.39, 0.29) is 30.7 Å². The second-order valence-electron chi connectivity index (χ2n) is 12.4. The van der Waals surface area contributed by atoms with Gasteiger partial charge < -0.3 is 9.26 Å². The average molecular weight is 609 g/mol. The Morgan fingerprint density at radius 1 is 1.14 bits per heavy atom. The number of ether oxygens (including phenoxy) is 1. The van der Waals surface area contributed by atoms with E-state index in [1.165, 1.54) is 0 Å². The van der Waals surface area contributed by atoms with Crippen molar-refractivity contribution in [2.75, 3.05) is 11.3 Å². The standard InChI is InChI=1S/C33H44N4O5S/c1-6-7-13-29-34-32(18-10-11-19-32)31(38)37(29)21-26-14-16-27(17-15-26)28-12-8-9-20-33(28,41-22-23(2)3)43(39,40)36-30-24(4)25(5)42-35-30/h8-9,12,14-17,23H,6-7,10-11,13,18-22H2,1-5H3,(H,35,36). The third kappa shape index (κ3) is 5.96. The van der Waals surface area contributed by atoms with Crippen molar-refractivity contribution >= 4 is 33.2 Å². The van der Waals surface area contributed by atoms with Gasteiger partial charge in [0.25, 0.3) is 15.9 Å². The second kappa shape index (κ2) is 12.4. The molecule has 1 amide bonds. The molecule has 1 unspecified atom stereocenters. The lowest BCUT2D eigenvalue weighted by Gasteiger charge is -2.37. The molecule has 10 heteroatoms. The number of nitrogens with one attached hydrogen (secondary N) is 1. The maximum atomic E-state index is 14.2. The van der Waals surface area contributed by atoms with Crippen LogP contribution in [0.1, 0.15) is 94.6 Å². The number of anilines is 1. The number of allylic oxidation sites excluding steroid dienone is 2.